The Kier molecular flexibility index (Phi) is 10.9. The van der Waals surface area contributed by atoms with E-state index < -0.39 is 22.0 Å². The highest BCUT2D eigenvalue weighted by Crippen LogP contribution is 2.44. The predicted molar refractivity (Wildman–Crippen MR) is 165 cm³/mol. The van der Waals surface area contributed by atoms with Crippen LogP contribution in [0.4, 0.5) is 4.79 Å². The van der Waals surface area contributed by atoms with Crippen molar-refractivity contribution in [1.29, 1.82) is 0 Å². The number of amides is 2. The third-order valence-corrected chi connectivity index (χ3v) is 8.36. The lowest BCUT2D eigenvalue weighted by Gasteiger charge is -2.28. The molecule has 2 N–H and O–H groups in total. The number of aromatic nitrogens is 1. The van der Waals surface area contributed by atoms with E-state index in [0.29, 0.717) is 13.1 Å². The number of rotatable bonds is 11. The first kappa shape index (κ1) is 33.1. The van der Waals surface area contributed by atoms with E-state index in [9.17, 15) is 18.0 Å². The van der Waals surface area contributed by atoms with E-state index in [-0.39, 0.29) is 37.5 Å². The molecule has 13 heteroatoms. The molecule has 2 amide bonds. The molecule has 4 aromatic rings. The lowest BCUT2D eigenvalue weighted by Crippen LogP contribution is -2.41. The van der Waals surface area contributed by atoms with Gasteiger partial charge in [-0.15, -0.1) is 0 Å². The van der Waals surface area contributed by atoms with Gasteiger partial charge in [0.2, 0.25) is 5.91 Å². The molecule has 0 radical (unpaired) electrons. The lowest BCUT2D eigenvalue weighted by atomic mass is 9.98. The van der Waals surface area contributed by atoms with Crippen LogP contribution in [0.1, 0.15) is 29.2 Å². The van der Waals surface area contributed by atoms with E-state index in [1.54, 1.807) is 19.1 Å². The first-order valence-electron chi connectivity index (χ1n) is 14.1. The first-order chi connectivity index (χ1) is 21.5. The topological polar surface area (TPSA) is 155 Å². The maximum absolute atomic E-state index is 13.1. The molecule has 0 saturated carbocycles. The van der Waals surface area contributed by atoms with E-state index in [1.165, 1.54) is 16.1 Å². The number of hydrogen-bond acceptors (Lipinski definition) is 8. The van der Waals surface area contributed by atoms with Gasteiger partial charge < -0.3 is 14.6 Å². The van der Waals surface area contributed by atoms with E-state index >= 15 is 0 Å². The van der Waals surface area contributed by atoms with Crippen molar-refractivity contribution in [2.75, 3.05) is 33.0 Å². The highest BCUT2D eigenvalue weighted by atomic mass is 32.2. The maximum Gasteiger partial charge on any atom is 0.424 e. The van der Waals surface area contributed by atoms with Gasteiger partial charge in [-0.1, -0.05) is 66.7 Å². The molecule has 12 nitrogen and oxygen atoms in total. The zero-order chi connectivity index (χ0) is 32.6. The van der Waals surface area contributed by atoms with E-state index in [1.807, 2.05) is 59.2 Å². The van der Waals surface area contributed by atoms with Gasteiger partial charge in [0.1, 0.15) is 6.61 Å². The van der Waals surface area contributed by atoms with Crippen LogP contribution in [0.5, 0.6) is 0 Å². The Hall–Kier alpha value is -4.81. The van der Waals surface area contributed by atoms with Gasteiger partial charge in [0.25, 0.3) is 10.1 Å². The van der Waals surface area contributed by atoms with Crippen LogP contribution in [0.25, 0.3) is 22.0 Å². The smallest absolute Gasteiger partial charge is 0.424 e. The van der Waals surface area contributed by atoms with Gasteiger partial charge in [0.05, 0.1) is 12.3 Å². The van der Waals surface area contributed by atoms with Gasteiger partial charge in [-0.25, -0.2) is 14.8 Å². The van der Waals surface area contributed by atoms with E-state index in [0.717, 1.165) is 27.7 Å². The zero-order valence-electron chi connectivity index (χ0n) is 24.9. The van der Waals surface area contributed by atoms with Gasteiger partial charge in [-0.3, -0.25) is 9.35 Å². The summed E-state index contributed by atoms with van der Waals surface area (Å²) in [6, 6.07) is 26.2. The van der Waals surface area contributed by atoms with E-state index in [4.69, 9.17) is 18.9 Å². The minimum atomic E-state index is -4.15. The second-order valence-corrected chi connectivity index (χ2v) is 12.0. The number of carbonyl (C=O) groups excluding carboxylic acids is 4. The molecule has 3 aromatic carbocycles. The molecule has 1 heterocycles. The van der Waals surface area contributed by atoms with Gasteiger partial charge in [0, 0.05) is 50.7 Å². The number of ether oxygens (including phenoxy) is 1. The molecule has 0 atom stereocenters. The minimum absolute atomic E-state index is 0.0359. The van der Waals surface area contributed by atoms with E-state index in [2.05, 4.69) is 29.6 Å². The summed E-state index contributed by atoms with van der Waals surface area (Å²) in [4.78, 5) is 41.7. The number of hydrazine groups is 1. The molecule has 0 saturated heterocycles. The van der Waals surface area contributed by atoms with Crippen LogP contribution in [0, 0.1) is 0 Å². The molecule has 236 valence electrons. The number of carbonyl (C=O) groups is 2. The predicted octanol–water partition coefficient (Wildman–Crippen LogP) is 3.68. The summed E-state index contributed by atoms with van der Waals surface area (Å²) in [6.45, 7) is 0.783. The molecule has 0 unspecified atom stereocenters. The fourth-order valence-corrected chi connectivity index (χ4v) is 5.81. The number of benzene rings is 3. The monoisotopic (exact) mass is 634 g/mol. The fraction of sp³-hybridized carbons (Fsp3) is 0.281. The molecular formula is C32H34N4O8S. The summed E-state index contributed by atoms with van der Waals surface area (Å²) in [6.07, 6.45) is -0.108. The van der Waals surface area contributed by atoms with Crippen molar-refractivity contribution in [3.8, 4) is 11.1 Å². The third kappa shape index (κ3) is 8.22. The summed E-state index contributed by atoms with van der Waals surface area (Å²) < 4.78 is 38.5. The molecule has 5 rings (SSSR count). The number of hydrogen-bond donors (Lipinski definition) is 2. The molecule has 45 heavy (non-hydrogen) atoms. The Bertz CT molecular complexity index is 1770. The molecular weight excluding hydrogens is 600 g/mol. The van der Waals surface area contributed by atoms with Gasteiger partial charge in [0.15, 0.2) is 0 Å². The second kappa shape index (κ2) is 14.8. The largest absolute Gasteiger partial charge is 0.447 e. The summed E-state index contributed by atoms with van der Waals surface area (Å²) in [5.41, 5.74) is 6.46. The van der Waals surface area contributed by atoms with Crippen LogP contribution in [-0.4, -0.2) is 78.7 Å². The van der Waals surface area contributed by atoms with Gasteiger partial charge in [-0.2, -0.15) is 18.0 Å². The number of fused-ring (bicyclic) bond motifs is 4. The standard InChI is InChI=1S/C31H34N4O6S.CO2/c1-33(34(2)31(37)41-21-28-26-12-6-4-10-24(26)25-11-5-7-13-27(25)28)20-23-19-22-9-3-8-14-29(22)35(23)17-15-30(36)32-16-18-42(38,39)40;2-1-3/h3-14,19,28H,15-18,20-21H2,1-2H3,(H,32,36)(H,38,39,40);. The summed E-state index contributed by atoms with van der Waals surface area (Å²) in [5.74, 6) is -0.901. The van der Waals surface area contributed by atoms with Crippen molar-refractivity contribution in [2.24, 2.45) is 0 Å². The summed E-state index contributed by atoms with van der Waals surface area (Å²) in [7, 11) is -0.687. The van der Waals surface area contributed by atoms with Gasteiger partial charge in [-0.05, 0) is 39.8 Å². The van der Waals surface area contributed by atoms with Gasteiger partial charge >= 0.3 is 12.2 Å². The van der Waals surface area contributed by atoms with Crippen LogP contribution in [0.2, 0.25) is 0 Å². The van der Waals surface area contributed by atoms with Crippen molar-refractivity contribution < 1.29 is 36.9 Å². The third-order valence-electron chi connectivity index (χ3n) is 7.64. The molecule has 0 spiro atoms. The Morgan fingerprint density at radius 3 is 2.16 bits per heavy atom. The second-order valence-electron chi connectivity index (χ2n) is 10.5. The number of aryl methyl sites for hydroxylation is 1. The van der Waals surface area contributed by atoms with Crippen molar-refractivity contribution >= 4 is 39.2 Å². The molecule has 1 aliphatic rings. The molecule has 1 aromatic heterocycles. The van der Waals surface area contributed by atoms with Crippen molar-refractivity contribution in [2.45, 2.75) is 25.4 Å². The minimum Gasteiger partial charge on any atom is -0.447 e. The number of nitrogens with zero attached hydrogens (tertiary/aromatic N) is 3. The Balaban J connectivity index is 0.00000148. The van der Waals surface area contributed by atoms with Crippen molar-refractivity contribution in [3.63, 3.8) is 0 Å². The highest BCUT2D eigenvalue weighted by Gasteiger charge is 2.30. The molecule has 0 bridgehead atoms. The molecule has 0 aliphatic heterocycles. The SMILES string of the molecule is CN(Cc1cc2ccccc2n1CCC(=O)NCCS(=O)(=O)O)N(C)C(=O)OCC1c2ccccc2-c2ccccc21.O=C=O. The fourth-order valence-electron chi connectivity index (χ4n) is 5.45. The zero-order valence-corrected chi connectivity index (χ0v) is 25.7. The van der Waals surface area contributed by atoms with Crippen LogP contribution >= 0.6 is 0 Å². The first-order valence-corrected chi connectivity index (χ1v) is 15.7. The maximum atomic E-state index is 13.1. The normalized spacial score (nSPS) is 12.1. The van der Waals surface area contributed by atoms with Crippen LogP contribution in [0.3, 0.4) is 0 Å². The lowest BCUT2D eigenvalue weighted by molar-refractivity contribution is -0.191. The van der Waals surface area contributed by atoms with Crippen LogP contribution < -0.4 is 5.32 Å². The van der Waals surface area contributed by atoms with Crippen molar-refractivity contribution in [1.82, 2.24) is 19.9 Å². The Morgan fingerprint density at radius 2 is 1.53 bits per heavy atom. The number of nitrogens with one attached hydrogen (secondary N) is 1. The average Bonchev–Trinajstić information content (AvgIpc) is 3.52. The van der Waals surface area contributed by atoms with Crippen LogP contribution in [0.15, 0.2) is 78.9 Å². The Morgan fingerprint density at radius 1 is 0.956 bits per heavy atom. The highest BCUT2D eigenvalue weighted by molar-refractivity contribution is 7.85. The summed E-state index contributed by atoms with van der Waals surface area (Å²) >= 11 is 0. The molecule has 0 fully saturated rings. The number of para-hydroxylation sites is 1. The van der Waals surface area contributed by atoms with Crippen molar-refractivity contribution in [3.05, 3.63) is 95.7 Å². The average molecular weight is 635 g/mol. The Labute approximate surface area is 260 Å². The summed E-state index contributed by atoms with van der Waals surface area (Å²) in [5, 5.41) is 6.72. The quantitative estimate of drug-likeness (QED) is 0.186. The molecule has 1 aliphatic carbocycles. The van der Waals surface area contributed by atoms with Crippen LogP contribution in [-0.2, 0) is 42.3 Å².